The minimum absolute atomic E-state index is 0.0533. The molecule has 0 amide bonds. The quantitative estimate of drug-likeness (QED) is 0.0494. The second kappa shape index (κ2) is 26.7. The molecule has 0 aromatic carbocycles. The number of nitrogens with zero attached hydrogens (tertiary/aromatic N) is 1. The molecular formula is C31H65NO6PS+. The average Bonchev–Trinajstić information content (AvgIpc) is 2.88. The number of rotatable bonds is 30. The molecule has 0 radical (unpaired) electrons. The Morgan fingerprint density at radius 2 is 1.18 bits per heavy atom. The number of phosphoric acid groups is 1. The molecule has 0 aliphatic heterocycles. The zero-order valence-corrected chi connectivity index (χ0v) is 28.5. The molecule has 0 saturated heterocycles. The minimum atomic E-state index is -4.17. The second-order valence-electron chi connectivity index (χ2n) is 12.2. The van der Waals surface area contributed by atoms with Crippen LogP contribution in [0.1, 0.15) is 136 Å². The summed E-state index contributed by atoms with van der Waals surface area (Å²) in [5.74, 6) is 0. The Kier molecular flexibility index (Phi) is 26.7. The molecule has 9 heteroatoms. The third-order valence-corrected chi connectivity index (χ3v) is 8.98. The van der Waals surface area contributed by atoms with Gasteiger partial charge < -0.3 is 14.1 Å². The summed E-state index contributed by atoms with van der Waals surface area (Å²) in [7, 11) is 1.79. The Balaban J connectivity index is 4.14. The lowest BCUT2D eigenvalue weighted by Gasteiger charge is -2.24. The highest BCUT2D eigenvalue weighted by Crippen LogP contribution is 2.43. The van der Waals surface area contributed by atoms with E-state index in [9.17, 15) is 14.3 Å². The number of hydrogen-bond donors (Lipinski definition) is 1. The van der Waals surface area contributed by atoms with Gasteiger partial charge in [-0.1, -0.05) is 128 Å². The van der Waals surface area contributed by atoms with Crippen molar-refractivity contribution in [3.8, 4) is 0 Å². The van der Waals surface area contributed by atoms with E-state index in [1.54, 1.807) is 0 Å². The SMILES string of the molecule is CCCCCCCCCCCCCCCCOC[C@H](COP(=O)(O)OCC[N+](C)(C)C)SC(=O)CCCCCC. The Hall–Kier alpha value is 0.0500. The molecule has 0 saturated carbocycles. The largest absolute Gasteiger partial charge is 0.472 e. The molecule has 0 bridgehead atoms. The lowest BCUT2D eigenvalue weighted by Crippen LogP contribution is -2.37. The van der Waals surface area contributed by atoms with Crippen LogP contribution in [0.2, 0.25) is 0 Å². The first-order valence-corrected chi connectivity index (χ1v) is 18.7. The molecular weight excluding hydrogens is 545 g/mol. The van der Waals surface area contributed by atoms with Crippen LogP contribution in [0.25, 0.3) is 0 Å². The molecule has 7 nitrogen and oxygen atoms in total. The fourth-order valence-electron chi connectivity index (χ4n) is 4.32. The predicted molar refractivity (Wildman–Crippen MR) is 171 cm³/mol. The van der Waals surface area contributed by atoms with E-state index in [-0.39, 0.29) is 23.6 Å². The molecule has 0 aromatic heterocycles. The van der Waals surface area contributed by atoms with Gasteiger partial charge in [0.1, 0.15) is 13.2 Å². The van der Waals surface area contributed by atoms with Crippen molar-refractivity contribution in [1.82, 2.24) is 0 Å². The smallest absolute Gasteiger partial charge is 0.380 e. The van der Waals surface area contributed by atoms with Crippen LogP contribution in [-0.4, -0.2) is 73.9 Å². The molecule has 2 atom stereocenters. The third kappa shape index (κ3) is 29.5. The van der Waals surface area contributed by atoms with Crippen LogP contribution in [0.3, 0.4) is 0 Å². The summed E-state index contributed by atoms with van der Waals surface area (Å²) in [6.45, 7) is 6.03. The van der Waals surface area contributed by atoms with Crippen LogP contribution < -0.4 is 0 Å². The van der Waals surface area contributed by atoms with Crippen LogP contribution >= 0.6 is 19.6 Å². The fourth-order valence-corrected chi connectivity index (χ4v) is 6.11. The van der Waals surface area contributed by atoms with Crippen molar-refractivity contribution in [1.29, 1.82) is 0 Å². The number of unbranched alkanes of at least 4 members (excludes halogenated alkanes) is 16. The topological polar surface area (TPSA) is 82.1 Å². The minimum Gasteiger partial charge on any atom is -0.380 e. The Morgan fingerprint density at radius 1 is 0.700 bits per heavy atom. The van der Waals surface area contributed by atoms with Crippen LogP contribution in [0, 0.1) is 0 Å². The number of carbonyl (C=O) groups excluding carboxylic acids is 1. The van der Waals surface area contributed by atoms with Gasteiger partial charge in [0.15, 0.2) is 5.12 Å². The summed E-state index contributed by atoms with van der Waals surface area (Å²) in [5.41, 5.74) is 0. The van der Waals surface area contributed by atoms with Gasteiger partial charge in [-0.2, -0.15) is 0 Å². The van der Waals surface area contributed by atoms with Crippen molar-refractivity contribution >= 4 is 24.7 Å². The summed E-state index contributed by atoms with van der Waals surface area (Å²) in [5, 5.41) is -0.240. The number of thioether (sulfide) groups is 1. The van der Waals surface area contributed by atoms with Crippen molar-refractivity contribution in [2.24, 2.45) is 0 Å². The molecule has 0 rings (SSSR count). The first-order valence-electron chi connectivity index (χ1n) is 16.3. The van der Waals surface area contributed by atoms with Crippen LogP contribution in [0.15, 0.2) is 0 Å². The molecule has 1 N–H and O–H groups in total. The Labute approximate surface area is 252 Å². The molecule has 240 valence electrons. The van der Waals surface area contributed by atoms with Crippen molar-refractivity contribution < 1.29 is 32.5 Å². The first-order chi connectivity index (χ1) is 19.1. The second-order valence-corrected chi connectivity index (χ2v) is 15.0. The summed E-state index contributed by atoms with van der Waals surface area (Å²) >= 11 is 1.18. The first kappa shape index (κ1) is 40.1. The van der Waals surface area contributed by atoms with E-state index in [0.29, 0.717) is 30.7 Å². The summed E-state index contributed by atoms with van der Waals surface area (Å²) in [6.07, 6.45) is 23.1. The summed E-state index contributed by atoms with van der Waals surface area (Å²) in [6, 6.07) is 0. The number of quaternary nitrogens is 1. The number of carbonyl (C=O) groups is 1. The molecule has 0 aliphatic carbocycles. The summed E-state index contributed by atoms with van der Waals surface area (Å²) in [4.78, 5) is 22.6. The molecule has 0 fully saturated rings. The van der Waals surface area contributed by atoms with Crippen molar-refractivity contribution in [2.45, 2.75) is 141 Å². The standard InChI is InChI=1S/C31H64NO6PS/c1-6-8-10-12-13-14-15-16-17-18-19-20-21-23-26-36-28-30(40-31(33)24-22-11-9-7-2)29-38-39(34,35)37-27-25-32(3,4)5/h30H,6-29H2,1-5H3/p+1/t30-/m1/s1. The van der Waals surface area contributed by atoms with Crippen molar-refractivity contribution in [2.75, 3.05) is 54.1 Å². The van der Waals surface area contributed by atoms with Gasteiger partial charge in [-0.05, 0) is 12.8 Å². The molecule has 1 unspecified atom stereocenters. The van der Waals surface area contributed by atoms with E-state index in [1.807, 2.05) is 21.1 Å². The number of likely N-dealkylation sites (N-methyl/N-ethyl adjacent to an activating group) is 1. The highest BCUT2D eigenvalue weighted by molar-refractivity contribution is 8.14. The van der Waals surface area contributed by atoms with Gasteiger partial charge in [-0.15, -0.1) is 0 Å². The maximum absolute atomic E-state index is 12.5. The molecule has 0 spiro atoms. The van der Waals surface area contributed by atoms with Crippen LogP contribution in [0.4, 0.5) is 0 Å². The number of phosphoric ester groups is 1. The van der Waals surface area contributed by atoms with Gasteiger partial charge in [0.25, 0.3) is 0 Å². The highest BCUT2D eigenvalue weighted by Gasteiger charge is 2.26. The van der Waals surface area contributed by atoms with Crippen LogP contribution in [-0.2, 0) is 23.1 Å². The van der Waals surface area contributed by atoms with Gasteiger partial charge in [0.05, 0.1) is 39.6 Å². The van der Waals surface area contributed by atoms with Gasteiger partial charge >= 0.3 is 7.82 Å². The molecule has 0 aromatic rings. The number of hydrogen-bond acceptors (Lipinski definition) is 6. The van der Waals surface area contributed by atoms with Crippen molar-refractivity contribution in [3.63, 3.8) is 0 Å². The summed E-state index contributed by atoms with van der Waals surface area (Å²) < 4.78 is 29.2. The zero-order chi connectivity index (χ0) is 30.0. The Bertz CT molecular complexity index is 631. The fraction of sp³-hybridized carbons (Fsp3) is 0.968. The van der Waals surface area contributed by atoms with Gasteiger partial charge in [0, 0.05) is 13.0 Å². The van der Waals surface area contributed by atoms with E-state index in [4.69, 9.17) is 13.8 Å². The van der Waals surface area contributed by atoms with Crippen molar-refractivity contribution in [3.05, 3.63) is 0 Å². The zero-order valence-electron chi connectivity index (χ0n) is 26.8. The van der Waals surface area contributed by atoms with Gasteiger partial charge in [0.2, 0.25) is 0 Å². The predicted octanol–water partition coefficient (Wildman–Crippen LogP) is 8.92. The average molecular weight is 611 g/mol. The highest BCUT2D eigenvalue weighted by atomic mass is 32.2. The molecule has 40 heavy (non-hydrogen) atoms. The Morgan fingerprint density at radius 3 is 1.68 bits per heavy atom. The van der Waals surface area contributed by atoms with E-state index in [1.165, 1.54) is 88.8 Å². The van der Waals surface area contributed by atoms with Gasteiger partial charge in [-0.25, -0.2) is 4.57 Å². The lowest BCUT2D eigenvalue weighted by atomic mass is 10.0. The van der Waals surface area contributed by atoms with Gasteiger partial charge in [-0.3, -0.25) is 13.8 Å². The van der Waals surface area contributed by atoms with E-state index >= 15 is 0 Å². The monoisotopic (exact) mass is 610 g/mol. The number of ether oxygens (including phenoxy) is 1. The van der Waals surface area contributed by atoms with E-state index < -0.39 is 7.82 Å². The normalized spacial score (nSPS) is 14.3. The maximum Gasteiger partial charge on any atom is 0.472 e. The lowest BCUT2D eigenvalue weighted by molar-refractivity contribution is -0.870. The van der Waals surface area contributed by atoms with Crippen LogP contribution in [0.5, 0.6) is 0 Å². The molecule has 0 heterocycles. The van der Waals surface area contributed by atoms with E-state index in [2.05, 4.69) is 13.8 Å². The third-order valence-electron chi connectivity index (χ3n) is 6.92. The van der Waals surface area contributed by atoms with E-state index in [0.717, 1.165) is 38.5 Å². The molecule has 0 aliphatic rings. The maximum atomic E-state index is 12.5.